The molecule has 0 aromatic heterocycles. The molecule has 124 valence electrons. The molecule has 0 fully saturated rings. The standard InChI is InChI=1S/C20H20O4/c1-11(2)14-6-4-12(3)19-15(9-18(21)24-20(14)19)13-5-7-16-17(8-13)23-10-22-16/h4-8,11,15H,9-10H2,1-3H3/t15-/m1/s1. The summed E-state index contributed by atoms with van der Waals surface area (Å²) in [5, 5.41) is 0. The quantitative estimate of drug-likeness (QED) is 0.611. The van der Waals surface area contributed by atoms with Gasteiger partial charge in [-0.2, -0.15) is 0 Å². The molecule has 2 aromatic rings. The van der Waals surface area contributed by atoms with Gasteiger partial charge in [0.1, 0.15) is 5.75 Å². The number of esters is 1. The predicted molar refractivity (Wildman–Crippen MR) is 89.9 cm³/mol. The Morgan fingerprint density at radius 1 is 1.08 bits per heavy atom. The summed E-state index contributed by atoms with van der Waals surface area (Å²) in [7, 11) is 0. The van der Waals surface area contributed by atoms with Crippen molar-refractivity contribution in [1.29, 1.82) is 0 Å². The van der Waals surface area contributed by atoms with Crippen molar-refractivity contribution < 1.29 is 19.0 Å². The van der Waals surface area contributed by atoms with Gasteiger partial charge < -0.3 is 14.2 Å². The lowest BCUT2D eigenvalue weighted by Gasteiger charge is -2.29. The minimum absolute atomic E-state index is 0.0190. The van der Waals surface area contributed by atoms with Gasteiger partial charge in [0.25, 0.3) is 0 Å². The van der Waals surface area contributed by atoms with Gasteiger partial charge in [0.2, 0.25) is 6.79 Å². The van der Waals surface area contributed by atoms with Crippen LogP contribution in [-0.4, -0.2) is 12.8 Å². The molecule has 0 unspecified atom stereocenters. The van der Waals surface area contributed by atoms with Gasteiger partial charge in [-0.3, -0.25) is 4.79 Å². The van der Waals surface area contributed by atoms with Crippen molar-refractivity contribution >= 4 is 5.97 Å². The lowest BCUT2D eigenvalue weighted by Crippen LogP contribution is -2.23. The van der Waals surface area contributed by atoms with Gasteiger partial charge in [0.05, 0.1) is 6.42 Å². The number of benzene rings is 2. The minimum atomic E-state index is -0.183. The Morgan fingerprint density at radius 3 is 2.67 bits per heavy atom. The van der Waals surface area contributed by atoms with Crippen LogP contribution in [0.2, 0.25) is 0 Å². The Hall–Kier alpha value is -2.49. The van der Waals surface area contributed by atoms with Crippen LogP contribution in [-0.2, 0) is 4.79 Å². The first kappa shape index (κ1) is 15.1. The summed E-state index contributed by atoms with van der Waals surface area (Å²) in [4.78, 5) is 12.3. The summed E-state index contributed by atoms with van der Waals surface area (Å²) in [5.74, 6) is 2.33. The molecule has 0 spiro atoms. The van der Waals surface area contributed by atoms with Gasteiger partial charge in [0, 0.05) is 11.5 Å². The molecule has 2 heterocycles. The molecule has 2 aromatic carbocycles. The number of fused-ring (bicyclic) bond motifs is 2. The first-order chi connectivity index (χ1) is 11.5. The topological polar surface area (TPSA) is 44.8 Å². The molecular weight excluding hydrogens is 304 g/mol. The molecule has 4 nitrogen and oxygen atoms in total. The van der Waals surface area contributed by atoms with Crippen LogP contribution in [0.4, 0.5) is 0 Å². The molecule has 4 heteroatoms. The molecule has 0 aliphatic carbocycles. The number of rotatable bonds is 2. The van der Waals surface area contributed by atoms with E-state index < -0.39 is 0 Å². The maximum absolute atomic E-state index is 12.3. The fraction of sp³-hybridized carbons (Fsp3) is 0.350. The maximum atomic E-state index is 12.3. The molecule has 0 amide bonds. The summed E-state index contributed by atoms with van der Waals surface area (Å²) >= 11 is 0. The first-order valence-electron chi connectivity index (χ1n) is 8.28. The van der Waals surface area contributed by atoms with Crippen LogP contribution in [0.25, 0.3) is 0 Å². The van der Waals surface area contributed by atoms with Gasteiger partial charge in [0.15, 0.2) is 11.5 Å². The average molecular weight is 324 g/mol. The second-order valence-electron chi connectivity index (χ2n) is 6.71. The van der Waals surface area contributed by atoms with E-state index in [2.05, 4.69) is 32.9 Å². The van der Waals surface area contributed by atoms with Crippen molar-refractivity contribution in [3.63, 3.8) is 0 Å². The molecule has 0 bridgehead atoms. The molecule has 4 rings (SSSR count). The zero-order valence-electron chi connectivity index (χ0n) is 14.1. The monoisotopic (exact) mass is 324 g/mol. The van der Waals surface area contributed by atoms with E-state index in [1.54, 1.807) is 0 Å². The highest BCUT2D eigenvalue weighted by Gasteiger charge is 2.33. The van der Waals surface area contributed by atoms with Gasteiger partial charge in [-0.15, -0.1) is 0 Å². The van der Waals surface area contributed by atoms with Crippen molar-refractivity contribution in [1.82, 2.24) is 0 Å². The fourth-order valence-corrected chi connectivity index (χ4v) is 3.56. The van der Waals surface area contributed by atoms with Crippen LogP contribution in [0.5, 0.6) is 17.2 Å². The van der Waals surface area contributed by atoms with E-state index in [-0.39, 0.29) is 18.7 Å². The van der Waals surface area contributed by atoms with Gasteiger partial charge in [-0.1, -0.05) is 32.0 Å². The summed E-state index contributed by atoms with van der Waals surface area (Å²) in [5.41, 5.74) is 4.39. The predicted octanol–water partition coefficient (Wildman–Crippen LogP) is 4.29. The molecular formula is C20H20O4. The van der Waals surface area contributed by atoms with Crippen LogP contribution in [0.1, 0.15) is 54.4 Å². The Morgan fingerprint density at radius 2 is 1.88 bits per heavy atom. The second-order valence-corrected chi connectivity index (χ2v) is 6.71. The number of ether oxygens (including phenoxy) is 3. The molecule has 2 aliphatic rings. The van der Waals surface area contributed by atoms with E-state index in [1.165, 1.54) is 0 Å². The van der Waals surface area contributed by atoms with E-state index in [0.29, 0.717) is 12.3 Å². The molecule has 0 saturated heterocycles. The van der Waals surface area contributed by atoms with Crippen LogP contribution in [0, 0.1) is 6.92 Å². The second kappa shape index (κ2) is 5.55. The summed E-state index contributed by atoms with van der Waals surface area (Å²) in [6, 6.07) is 10.1. The van der Waals surface area contributed by atoms with E-state index in [1.807, 2.05) is 18.2 Å². The fourth-order valence-electron chi connectivity index (χ4n) is 3.56. The van der Waals surface area contributed by atoms with Crippen LogP contribution in [0.3, 0.4) is 0 Å². The Kier molecular flexibility index (Phi) is 3.48. The molecule has 24 heavy (non-hydrogen) atoms. The Labute approximate surface area is 141 Å². The average Bonchev–Trinajstić information content (AvgIpc) is 3.01. The maximum Gasteiger partial charge on any atom is 0.312 e. The third-order valence-corrected chi connectivity index (χ3v) is 4.80. The number of aryl methyl sites for hydroxylation is 1. The lowest BCUT2D eigenvalue weighted by atomic mass is 9.81. The van der Waals surface area contributed by atoms with E-state index in [0.717, 1.165) is 39.5 Å². The largest absolute Gasteiger partial charge is 0.454 e. The Balaban J connectivity index is 1.87. The zero-order valence-corrected chi connectivity index (χ0v) is 14.1. The summed E-state index contributed by atoms with van der Waals surface area (Å²) < 4.78 is 16.5. The van der Waals surface area contributed by atoms with E-state index >= 15 is 0 Å². The summed E-state index contributed by atoms with van der Waals surface area (Å²) in [6.07, 6.45) is 0.342. The zero-order chi connectivity index (χ0) is 16.8. The van der Waals surface area contributed by atoms with Crippen molar-refractivity contribution in [3.05, 3.63) is 52.6 Å². The minimum Gasteiger partial charge on any atom is -0.454 e. The van der Waals surface area contributed by atoms with E-state index in [4.69, 9.17) is 14.2 Å². The third kappa shape index (κ3) is 2.33. The number of carbonyl (C=O) groups is 1. The van der Waals surface area contributed by atoms with E-state index in [9.17, 15) is 4.79 Å². The van der Waals surface area contributed by atoms with Crippen LogP contribution in [0.15, 0.2) is 30.3 Å². The highest BCUT2D eigenvalue weighted by atomic mass is 16.7. The SMILES string of the molecule is Cc1ccc(C(C)C)c2c1[C@@H](c1ccc3c(c1)OCO3)CC(=O)O2. The van der Waals surface area contributed by atoms with Crippen LogP contribution < -0.4 is 14.2 Å². The highest BCUT2D eigenvalue weighted by Crippen LogP contribution is 2.46. The van der Waals surface area contributed by atoms with Gasteiger partial charge in [-0.05, 0) is 41.7 Å². The number of carbonyl (C=O) groups excluding carboxylic acids is 1. The summed E-state index contributed by atoms with van der Waals surface area (Å²) in [6.45, 7) is 6.55. The third-order valence-electron chi connectivity index (χ3n) is 4.80. The van der Waals surface area contributed by atoms with Gasteiger partial charge >= 0.3 is 5.97 Å². The molecule has 2 aliphatic heterocycles. The molecule has 0 radical (unpaired) electrons. The van der Waals surface area contributed by atoms with Crippen molar-refractivity contribution in [2.24, 2.45) is 0 Å². The smallest absolute Gasteiger partial charge is 0.312 e. The van der Waals surface area contributed by atoms with Crippen molar-refractivity contribution in [3.8, 4) is 17.2 Å². The van der Waals surface area contributed by atoms with Gasteiger partial charge in [-0.25, -0.2) is 0 Å². The molecule has 0 saturated carbocycles. The first-order valence-corrected chi connectivity index (χ1v) is 8.28. The number of hydrogen-bond donors (Lipinski definition) is 0. The highest BCUT2D eigenvalue weighted by molar-refractivity contribution is 5.79. The molecule has 1 atom stereocenters. The van der Waals surface area contributed by atoms with Crippen molar-refractivity contribution in [2.45, 2.75) is 39.0 Å². The normalized spacial score (nSPS) is 18.5. The van der Waals surface area contributed by atoms with Crippen molar-refractivity contribution in [2.75, 3.05) is 6.79 Å². The molecule has 0 N–H and O–H groups in total. The number of hydrogen-bond acceptors (Lipinski definition) is 4. The Bertz CT molecular complexity index is 823. The lowest BCUT2D eigenvalue weighted by molar-refractivity contribution is -0.135. The van der Waals surface area contributed by atoms with Crippen LogP contribution >= 0.6 is 0 Å².